The van der Waals surface area contributed by atoms with Gasteiger partial charge in [-0.25, -0.2) is 0 Å². The molecule has 100 valence electrons. The number of hydrogen-bond donors (Lipinski definition) is 1. The number of ether oxygens (including phenoxy) is 1. The van der Waals surface area contributed by atoms with Gasteiger partial charge in [-0.05, 0) is 36.7 Å². The van der Waals surface area contributed by atoms with Gasteiger partial charge in [0.2, 0.25) is 0 Å². The summed E-state index contributed by atoms with van der Waals surface area (Å²) in [4.78, 5) is 4.02. The predicted octanol–water partition coefficient (Wildman–Crippen LogP) is 3.25. The number of rotatable bonds is 5. The van der Waals surface area contributed by atoms with Gasteiger partial charge in [-0.2, -0.15) is 0 Å². The predicted molar refractivity (Wildman–Crippen MR) is 77.7 cm³/mol. The van der Waals surface area contributed by atoms with Crippen LogP contribution < -0.4 is 10.1 Å². The molecule has 3 nitrogen and oxygen atoms in total. The highest BCUT2D eigenvalue weighted by Gasteiger charge is 2.15. The third-order valence-electron chi connectivity index (χ3n) is 3.14. The van der Waals surface area contributed by atoms with E-state index in [1.807, 2.05) is 31.3 Å². The van der Waals surface area contributed by atoms with Crippen molar-refractivity contribution in [2.45, 2.75) is 12.5 Å². The zero-order valence-corrected chi connectivity index (χ0v) is 11.8. The first-order chi connectivity index (χ1) is 9.26. The van der Waals surface area contributed by atoms with Gasteiger partial charge in [0.25, 0.3) is 0 Å². The minimum absolute atomic E-state index is 0.131. The Morgan fingerprint density at radius 2 is 2.11 bits per heavy atom. The molecule has 0 bridgehead atoms. The van der Waals surface area contributed by atoms with E-state index in [0.717, 1.165) is 23.3 Å². The van der Waals surface area contributed by atoms with Crippen LogP contribution >= 0.6 is 11.6 Å². The topological polar surface area (TPSA) is 34.1 Å². The molecule has 0 spiro atoms. The smallest absolute Gasteiger partial charge is 0.122 e. The number of nitrogens with one attached hydrogen (secondary N) is 1. The number of benzene rings is 1. The molecule has 2 aromatic rings. The second-order valence-corrected chi connectivity index (χ2v) is 4.66. The fraction of sp³-hybridized carbons (Fsp3) is 0.267. The molecule has 0 aliphatic heterocycles. The summed E-state index contributed by atoms with van der Waals surface area (Å²) in [5.41, 5.74) is 2.20. The minimum atomic E-state index is 0.131. The average molecular weight is 277 g/mol. The molecular weight excluding hydrogens is 260 g/mol. The van der Waals surface area contributed by atoms with Crippen LogP contribution in [0.25, 0.3) is 0 Å². The first-order valence-corrected chi connectivity index (χ1v) is 6.52. The molecule has 2 rings (SSSR count). The normalized spacial score (nSPS) is 12.2. The maximum absolute atomic E-state index is 6.20. The SMILES string of the molecule is CNC(Cc1ccccc1OC)c1ccncc1Cl. The number of halogens is 1. The van der Waals surface area contributed by atoms with E-state index in [1.165, 1.54) is 0 Å². The lowest BCUT2D eigenvalue weighted by atomic mass is 9.99. The van der Waals surface area contributed by atoms with E-state index in [9.17, 15) is 0 Å². The molecule has 1 atom stereocenters. The Morgan fingerprint density at radius 3 is 2.79 bits per heavy atom. The zero-order chi connectivity index (χ0) is 13.7. The average Bonchev–Trinajstić information content (AvgIpc) is 2.46. The molecule has 0 amide bonds. The van der Waals surface area contributed by atoms with Crippen LogP contribution in [0, 0.1) is 0 Å². The van der Waals surface area contributed by atoms with Gasteiger partial charge in [0.1, 0.15) is 5.75 Å². The highest BCUT2D eigenvalue weighted by Crippen LogP contribution is 2.28. The quantitative estimate of drug-likeness (QED) is 0.910. The summed E-state index contributed by atoms with van der Waals surface area (Å²) in [5, 5.41) is 3.97. The standard InChI is InChI=1S/C15H17ClN2O/c1-17-14(12-7-8-18-10-13(12)16)9-11-5-3-4-6-15(11)19-2/h3-8,10,14,17H,9H2,1-2H3. The monoisotopic (exact) mass is 276 g/mol. The molecule has 0 aliphatic rings. The lowest BCUT2D eigenvalue weighted by Gasteiger charge is -2.19. The lowest BCUT2D eigenvalue weighted by Crippen LogP contribution is -2.19. The Kier molecular flexibility index (Phi) is 4.77. The Balaban J connectivity index is 2.27. The zero-order valence-electron chi connectivity index (χ0n) is 11.1. The van der Waals surface area contributed by atoms with E-state index in [-0.39, 0.29) is 6.04 Å². The molecule has 1 unspecified atom stereocenters. The summed E-state index contributed by atoms with van der Waals surface area (Å²) in [5.74, 6) is 0.896. The highest BCUT2D eigenvalue weighted by atomic mass is 35.5. The maximum atomic E-state index is 6.20. The number of hydrogen-bond acceptors (Lipinski definition) is 3. The van der Waals surface area contributed by atoms with E-state index in [1.54, 1.807) is 19.5 Å². The Morgan fingerprint density at radius 1 is 1.32 bits per heavy atom. The van der Waals surface area contributed by atoms with Crippen LogP contribution in [0.4, 0.5) is 0 Å². The Labute approximate surface area is 118 Å². The Bertz CT molecular complexity index is 545. The van der Waals surface area contributed by atoms with Crippen LogP contribution in [-0.2, 0) is 6.42 Å². The molecule has 4 heteroatoms. The van der Waals surface area contributed by atoms with Gasteiger partial charge in [-0.15, -0.1) is 0 Å². The summed E-state index contributed by atoms with van der Waals surface area (Å²) in [6, 6.07) is 10.1. The van der Waals surface area contributed by atoms with Crippen molar-refractivity contribution in [2.24, 2.45) is 0 Å². The fourth-order valence-corrected chi connectivity index (χ4v) is 2.38. The number of pyridine rings is 1. The number of aromatic nitrogens is 1. The molecule has 0 radical (unpaired) electrons. The van der Waals surface area contributed by atoms with Crippen molar-refractivity contribution in [2.75, 3.05) is 14.2 Å². The summed E-state index contributed by atoms with van der Waals surface area (Å²) < 4.78 is 5.38. The van der Waals surface area contributed by atoms with Gasteiger partial charge < -0.3 is 10.1 Å². The highest BCUT2D eigenvalue weighted by molar-refractivity contribution is 6.31. The summed E-state index contributed by atoms with van der Waals surface area (Å²) >= 11 is 6.20. The van der Waals surface area contributed by atoms with Crippen LogP contribution in [0.3, 0.4) is 0 Å². The first kappa shape index (κ1) is 13.8. The van der Waals surface area contributed by atoms with Crippen molar-refractivity contribution < 1.29 is 4.74 Å². The van der Waals surface area contributed by atoms with Crippen LogP contribution in [0.15, 0.2) is 42.7 Å². The molecule has 1 aromatic heterocycles. The summed E-state index contributed by atoms with van der Waals surface area (Å²) in [7, 11) is 3.61. The maximum Gasteiger partial charge on any atom is 0.122 e. The number of para-hydroxylation sites is 1. The molecule has 0 fully saturated rings. The molecule has 0 saturated heterocycles. The van der Waals surface area contributed by atoms with Crippen molar-refractivity contribution in [3.8, 4) is 5.75 Å². The molecule has 1 heterocycles. The fourth-order valence-electron chi connectivity index (χ4n) is 2.13. The molecular formula is C15H17ClN2O. The molecule has 0 aliphatic carbocycles. The molecule has 1 N–H and O–H groups in total. The van der Waals surface area contributed by atoms with Crippen molar-refractivity contribution >= 4 is 11.6 Å². The Hall–Kier alpha value is -1.58. The van der Waals surface area contributed by atoms with Crippen LogP contribution in [0.2, 0.25) is 5.02 Å². The lowest BCUT2D eigenvalue weighted by molar-refractivity contribution is 0.406. The van der Waals surface area contributed by atoms with E-state index >= 15 is 0 Å². The molecule has 1 aromatic carbocycles. The van der Waals surface area contributed by atoms with E-state index in [4.69, 9.17) is 16.3 Å². The number of methoxy groups -OCH3 is 1. The van der Waals surface area contributed by atoms with Crippen molar-refractivity contribution in [3.05, 3.63) is 58.9 Å². The van der Waals surface area contributed by atoms with Crippen LogP contribution in [0.5, 0.6) is 5.75 Å². The largest absolute Gasteiger partial charge is 0.496 e. The van der Waals surface area contributed by atoms with E-state index in [2.05, 4.69) is 16.4 Å². The second-order valence-electron chi connectivity index (χ2n) is 4.25. The van der Waals surface area contributed by atoms with Gasteiger partial charge in [0.05, 0.1) is 12.1 Å². The van der Waals surface area contributed by atoms with Gasteiger partial charge in [-0.1, -0.05) is 29.8 Å². The third-order valence-corrected chi connectivity index (χ3v) is 3.46. The van der Waals surface area contributed by atoms with E-state index in [0.29, 0.717) is 5.02 Å². The number of nitrogens with zero attached hydrogens (tertiary/aromatic N) is 1. The summed E-state index contributed by atoms with van der Waals surface area (Å²) in [6.07, 6.45) is 4.24. The van der Waals surface area contributed by atoms with Gasteiger partial charge in [0, 0.05) is 18.4 Å². The minimum Gasteiger partial charge on any atom is -0.496 e. The first-order valence-electron chi connectivity index (χ1n) is 6.14. The van der Waals surface area contributed by atoms with Crippen LogP contribution in [0.1, 0.15) is 17.2 Å². The number of likely N-dealkylation sites (N-methyl/N-ethyl adjacent to an activating group) is 1. The summed E-state index contributed by atoms with van der Waals surface area (Å²) in [6.45, 7) is 0. The van der Waals surface area contributed by atoms with Crippen LogP contribution in [-0.4, -0.2) is 19.1 Å². The van der Waals surface area contributed by atoms with Gasteiger partial charge in [0.15, 0.2) is 0 Å². The van der Waals surface area contributed by atoms with Crippen molar-refractivity contribution in [1.29, 1.82) is 0 Å². The third kappa shape index (κ3) is 3.25. The van der Waals surface area contributed by atoms with E-state index < -0.39 is 0 Å². The van der Waals surface area contributed by atoms with Crippen molar-refractivity contribution in [3.63, 3.8) is 0 Å². The van der Waals surface area contributed by atoms with Gasteiger partial charge >= 0.3 is 0 Å². The van der Waals surface area contributed by atoms with Gasteiger partial charge in [-0.3, -0.25) is 4.98 Å². The molecule has 19 heavy (non-hydrogen) atoms. The second kappa shape index (κ2) is 6.55. The molecule has 0 saturated carbocycles. The van der Waals surface area contributed by atoms with Crippen molar-refractivity contribution in [1.82, 2.24) is 10.3 Å².